The monoisotopic (exact) mass is 213 g/mol. The van der Waals surface area contributed by atoms with Crippen LogP contribution in [-0.4, -0.2) is 16.1 Å². The summed E-state index contributed by atoms with van der Waals surface area (Å²) in [7, 11) is 0. The van der Waals surface area contributed by atoms with Crippen molar-refractivity contribution < 1.29 is 18.7 Å². The van der Waals surface area contributed by atoms with E-state index in [2.05, 4.69) is 4.98 Å². The van der Waals surface area contributed by atoms with Crippen LogP contribution in [0.25, 0.3) is 0 Å². The SMILES string of the molecule is N#Cc1nc(C(F)F)cc(N)c1C(=O)O. The van der Waals surface area contributed by atoms with E-state index in [0.717, 1.165) is 6.07 Å². The predicted molar refractivity (Wildman–Crippen MR) is 45.3 cm³/mol. The molecule has 0 fully saturated rings. The maximum Gasteiger partial charge on any atom is 0.340 e. The van der Waals surface area contributed by atoms with Crippen LogP contribution in [0.15, 0.2) is 6.07 Å². The van der Waals surface area contributed by atoms with Gasteiger partial charge in [-0.2, -0.15) is 5.26 Å². The van der Waals surface area contributed by atoms with E-state index in [4.69, 9.17) is 16.1 Å². The van der Waals surface area contributed by atoms with Gasteiger partial charge >= 0.3 is 5.97 Å². The third-order valence-electron chi connectivity index (χ3n) is 1.61. The standard InChI is InChI=1S/C8H5F2N3O2/c9-7(10)4-1-3(12)6(8(14)15)5(2-11)13-4/h1,7H,(H2,12,13)(H,14,15). The molecule has 1 rings (SSSR count). The molecular weight excluding hydrogens is 208 g/mol. The van der Waals surface area contributed by atoms with Gasteiger partial charge in [0.1, 0.15) is 17.3 Å². The number of carboxylic acids is 1. The number of aromatic nitrogens is 1. The summed E-state index contributed by atoms with van der Waals surface area (Å²) >= 11 is 0. The number of nitrogens with two attached hydrogens (primary N) is 1. The van der Waals surface area contributed by atoms with E-state index in [9.17, 15) is 13.6 Å². The summed E-state index contributed by atoms with van der Waals surface area (Å²) in [5.74, 6) is -1.47. The third kappa shape index (κ3) is 1.99. The molecule has 0 saturated heterocycles. The molecule has 5 nitrogen and oxygen atoms in total. The Bertz CT molecular complexity index is 454. The molecule has 0 aromatic carbocycles. The van der Waals surface area contributed by atoms with Gasteiger partial charge in [0.2, 0.25) is 0 Å². The lowest BCUT2D eigenvalue weighted by molar-refractivity contribution is 0.0696. The maximum absolute atomic E-state index is 12.2. The molecule has 0 aliphatic carbocycles. The van der Waals surface area contributed by atoms with Crippen molar-refractivity contribution >= 4 is 11.7 Å². The van der Waals surface area contributed by atoms with Crippen LogP contribution in [0.2, 0.25) is 0 Å². The second-order valence-corrected chi connectivity index (χ2v) is 2.58. The van der Waals surface area contributed by atoms with Crippen molar-refractivity contribution in [2.45, 2.75) is 6.43 Å². The normalized spacial score (nSPS) is 10.0. The van der Waals surface area contributed by atoms with Crippen LogP contribution in [0.5, 0.6) is 0 Å². The van der Waals surface area contributed by atoms with Crippen molar-refractivity contribution in [3.63, 3.8) is 0 Å². The van der Waals surface area contributed by atoms with Crippen LogP contribution >= 0.6 is 0 Å². The van der Waals surface area contributed by atoms with E-state index < -0.39 is 35.0 Å². The van der Waals surface area contributed by atoms with Gasteiger partial charge in [0.05, 0.1) is 5.69 Å². The number of pyridine rings is 1. The summed E-state index contributed by atoms with van der Waals surface area (Å²) in [5, 5.41) is 17.2. The molecular formula is C8H5F2N3O2. The van der Waals surface area contributed by atoms with Gasteiger partial charge in [-0.1, -0.05) is 0 Å². The molecule has 0 unspecified atom stereocenters. The van der Waals surface area contributed by atoms with Crippen molar-refractivity contribution in [1.29, 1.82) is 5.26 Å². The highest BCUT2D eigenvalue weighted by molar-refractivity contribution is 5.95. The fourth-order valence-corrected chi connectivity index (χ4v) is 1.00. The number of carboxylic acid groups (broad SMARTS) is 1. The second-order valence-electron chi connectivity index (χ2n) is 2.58. The first kappa shape index (κ1) is 10.8. The van der Waals surface area contributed by atoms with E-state index in [1.165, 1.54) is 6.07 Å². The van der Waals surface area contributed by atoms with E-state index in [1.807, 2.05) is 0 Å². The minimum absolute atomic E-state index is 0.399. The second kappa shape index (κ2) is 3.88. The summed E-state index contributed by atoms with van der Waals surface area (Å²) in [6, 6.07) is 2.15. The number of nitriles is 1. The van der Waals surface area contributed by atoms with Gasteiger partial charge < -0.3 is 10.8 Å². The molecule has 0 bridgehead atoms. The average molecular weight is 213 g/mol. The molecule has 15 heavy (non-hydrogen) atoms. The fourth-order valence-electron chi connectivity index (χ4n) is 1.00. The molecule has 0 aliphatic heterocycles. The maximum atomic E-state index is 12.2. The van der Waals surface area contributed by atoms with Gasteiger partial charge in [0, 0.05) is 0 Å². The number of hydrogen-bond donors (Lipinski definition) is 2. The first-order valence-electron chi connectivity index (χ1n) is 3.69. The molecule has 1 heterocycles. The Kier molecular flexibility index (Phi) is 2.80. The Balaban J connectivity index is 3.46. The Labute approximate surface area is 82.8 Å². The van der Waals surface area contributed by atoms with Gasteiger partial charge in [0.25, 0.3) is 6.43 Å². The summed E-state index contributed by atoms with van der Waals surface area (Å²) in [6.07, 6.45) is -2.90. The molecule has 0 saturated carbocycles. The van der Waals surface area contributed by atoms with Gasteiger partial charge in [-0.15, -0.1) is 0 Å². The number of alkyl halides is 2. The van der Waals surface area contributed by atoms with Crippen molar-refractivity contribution in [3.05, 3.63) is 23.0 Å². The highest BCUT2D eigenvalue weighted by atomic mass is 19.3. The van der Waals surface area contributed by atoms with Crippen molar-refractivity contribution in [2.75, 3.05) is 5.73 Å². The quantitative estimate of drug-likeness (QED) is 0.767. The third-order valence-corrected chi connectivity index (χ3v) is 1.61. The van der Waals surface area contributed by atoms with Crippen LogP contribution in [-0.2, 0) is 0 Å². The van der Waals surface area contributed by atoms with Crippen molar-refractivity contribution in [3.8, 4) is 6.07 Å². The lowest BCUT2D eigenvalue weighted by Gasteiger charge is -2.05. The number of nitrogens with zero attached hydrogens (tertiary/aromatic N) is 2. The van der Waals surface area contributed by atoms with Gasteiger partial charge in [-0.05, 0) is 6.07 Å². The molecule has 0 amide bonds. The van der Waals surface area contributed by atoms with Gasteiger partial charge in [-0.3, -0.25) is 0 Å². The van der Waals surface area contributed by atoms with Crippen molar-refractivity contribution in [1.82, 2.24) is 4.98 Å². The minimum Gasteiger partial charge on any atom is -0.478 e. The predicted octanol–water partition coefficient (Wildman–Crippen LogP) is 1.17. The van der Waals surface area contributed by atoms with Crippen LogP contribution in [0.1, 0.15) is 28.2 Å². The zero-order chi connectivity index (χ0) is 11.6. The number of halogens is 2. The molecule has 1 aromatic rings. The molecule has 0 aliphatic rings. The smallest absolute Gasteiger partial charge is 0.340 e. The molecule has 1 aromatic heterocycles. The number of carbonyl (C=O) groups is 1. The van der Waals surface area contributed by atoms with Gasteiger partial charge in [0.15, 0.2) is 5.69 Å². The van der Waals surface area contributed by atoms with Crippen LogP contribution in [0.3, 0.4) is 0 Å². The van der Waals surface area contributed by atoms with Crippen LogP contribution in [0, 0.1) is 11.3 Å². The summed E-state index contributed by atoms with van der Waals surface area (Å²) < 4.78 is 24.4. The molecule has 78 valence electrons. The first-order valence-corrected chi connectivity index (χ1v) is 3.69. The Morgan fingerprint density at radius 3 is 2.67 bits per heavy atom. The number of aromatic carboxylic acids is 1. The number of rotatable bonds is 2. The van der Waals surface area contributed by atoms with Gasteiger partial charge in [-0.25, -0.2) is 18.6 Å². The molecule has 0 spiro atoms. The van der Waals surface area contributed by atoms with Crippen molar-refractivity contribution in [2.24, 2.45) is 0 Å². The highest BCUT2D eigenvalue weighted by Gasteiger charge is 2.20. The molecule has 3 N–H and O–H groups in total. The zero-order valence-electron chi connectivity index (χ0n) is 7.24. The minimum atomic E-state index is -2.90. The number of hydrogen-bond acceptors (Lipinski definition) is 4. The fraction of sp³-hybridized carbons (Fsp3) is 0.125. The van der Waals surface area contributed by atoms with Crippen LogP contribution < -0.4 is 5.73 Å². The largest absolute Gasteiger partial charge is 0.478 e. The number of nitrogen functional groups attached to an aromatic ring is 1. The first-order chi connectivity index (χ1) is 6.97. The van der Waals surface area contributed by atoms with E-state index in [0.29, 0.717) is 0 Å². The van der Waals surface area contributed by atoms with E-state index >= 15 is 0 Å². The summed E-state index contributed by atoms with van der Waals surface area (Å²) in [5.41, 5.74) is 2.95. The summed E-state index contributed by atoms with van der Waals surface area (Å²) in [6.45, 7) is 0. The van der Waals surface area contributed by atoms with Crippen LogP contribution in [0.4, 0.5) is 14.5 Å². The molecule has 7 heteroatoms. The average Bonchev–Trinajstić information content (AvgIpc) is 2.15. The topological polar surface area (TPSA) is 100 Å². The zero-order valence-corrected chi connectivity index (χ0v) is 7.24. The van der Waals surface area contributed by atoms with E-state index in [-0.39, 0.29) is 0 Å². The highest BCUT2D eigenvalue weighted by Crippen LogP contribution is 2.23. The molecule has 0 radical (unpaired) electrons. The Morgan fingerprint density at radius 2 is 2.27 bits per heavy atom. The Hall–Kier alpha value is -2.23. The lowest BCUT2D eigenvalue weighted by atomic mass is 10.1. The molecule has 0 atom stereocenters. The summed E-state index contributed by atoms with van der Waals surface area (Å²) in [4.78, 5) is 13.8. The number of anilines is 1. The Morgan fingerprint density at radius 1 is 1.67 bits per heavy atom. The van der Waals surface area contributed by atoms with E-state index in [1.54, 1.807) is 0 Å². The lowest BCUT2D eigenvalue weighted by Crippen LogP contribution is -2.09.